The summed E-state index contributed by atoms with van der Waals surface area (Å²) in [6.45, 7) is 1.96. The van der Waals surface area contributed by atoms with E-state index in [1.165, 1.54) is 17.4 Å². The number of nitrogens with one attached hydrogen (secondary N) is 1. The average Bonchev–Trinajstić information content (AvgIpc) is 3.23. The van der Waals surface area contributed by atoms with Crippen LogP contribution in [0.1, 0.15) is 30.1 Å². The Hall–Kier alpha value is -3.38. The van der Waals surface area contributed by atoms with Crippen LogP contribution in [-0.2, 0) is 6.54 Å². The number of pyridine rings is 2. The van der Waals surface area contributed by atoms with Gasteiger partial charge in [-0.2, -0.15) is 0 Å². The molecule has 0 bridgehead atoms. The van der Waals surface area contributed by atoms with Gasteiger partial charge in [-0.1, -0.05) is 18.2 Å². The monoisotopic (exact) mass is 382 g/mol. The third-order valence-electron chi connectivity index (χ3n) is 5.33. The van der Waals surface area contributed by atoms with Crippen LogP contribution in [0.4, 0.5) is 11.6 Å². The smallest absolute Gasteiger partial charge is 0.150 e. The number of hydrogen-bond acceptors (Lipinski definition) is 6. The lowest BCUT2D eigenvalue weighted by Gasteiger charge is -2.24. The lowest BCUT2D eigenvalue weighted by atomic mass is 10.1. The molecule has 1 atom stereocenters. The van der Waals surface area contributed by atoms with Crippen LogP contribution in [0.3, 0.4) is 0 Å². The number of rotatable bonds is 5. The highest BCUT2D eigenvalue weighted by Gasteiger charge is 2.27. The molecule has 6 nitrogen and oxygen atoms in total. The van der Waals surface area contributed by atoms with Gasteiger partial charge in [0.15, 0.2) is 0 Å². The molecule has 0 spiro atoms. The first-order valence-electron chi connectivity index (χ1n) is 9.93. The van der Waals surface area contributed by atoms with Crippen molar-refractivity contribution in [3.8, 4) is 0 Å². The van der Waals surface area contributed by atoms with E-state index >= 15 is 0 Å². The van der Waals surface area contributed by atoms with Gasteiger partial charge in [-0.3, -0.25) is 14.9 Å². The second-order valence-electron chi connectivity index (χ2n) is 7.33. The third-order valence-corrected chi connectivity index (χ3v) is 5.33. The fourth-order valence-corrected chi connectivity index (χ4v) is 3.98. The first-order valence-corrected chi connectivity index (χ1v) is 9.93. The Bertz CT molecular complexity index is 1110. The molecular weight excluding hydrogens is 360 g/mol. The fourth-order valence-electron chi connectivity index (χ4n) is 3.98. The van der Waals surface area contributed by atoms with Crippen molar-refractivity contribution in [1.29, 1.82) is 0 Å². The van der Waals surface area contributed by atoms with E-state index in [1.807, 2.05) is 36.7 Å². The van der Waals surface area contributed by atoms with E-state index in [9.17, 15) is 0 Å². The molecule has 1 aromatic carbocycles. The van der Waals surface area contributed by atoms with E-state index in [-0.39, 0.29) is 6.04 Å². The van der Waals surface area contributed by atoms with E-state index in [0.717, 1.165) is 42.4 Å². The summed E-state index contributed by atoms with van der Waals surface area (Å²) in [5.41, 5.74) is 3.34. The van der Waals surface area contributed by atoms with Crippen LogP contribution >= 0.6 is 0 Å². The van der Waals surface area contributed by atoms with Crippen LogP contribution in [0.15, 0.2) is 73.3 Å². The summed E-state index contributed by atoms with van der Waals surface area (Å²) < 4.78 is 0. The quantitative estimate of drug-likeness (QED) is 0.548. The van der Waals surface area contributed by atoms with Crippen LogP contribution in [0.25, 0.3) is 10.9 Å². The van der Waals surface area contributed by atoms with Crippen molar-refractivity contribution in [3.63, 3.8) is 0 Å². The van der Waals surface area contributed by atoms with Crippen molar-refractivity contribution in [2.24, 2.45) is 0 Å². The van der Waals surface area contributed by atoms with E-state index in [1.54, 1.807) is 12.4 Å². The Labute approximate surface area is 169 Å². The second kappa shape index (κ2) is 7.93. The highest BCUT2D eigenvalue weighted by Crippen LogP contribution is 2.32. The number of nitrogens with zero attached hydrogens (tertiary/aromatic N) is 5. The molecule has 1 fully saturated rings. The minimum absolute atomic E-state index is 0.276. The fraction of sp³-hybridized carbons (Fsp3) is 0.217. The standard InChI is InChI=1S/C23H22N6/c1-2-10-26-22(7-1)28-23-15-24-14-20(27-23)21-6-4-12-29(21)16-17-8-9-19-18(13-17)5-3-11-25-19/h1-3,5,7-11,13-15,21H,4,6,12,16H2,(H,26,27,28)/t21-/m1/s1. The van der Waals surface area contributed by atoms with E-state index < -0.39 is 0 Å². The van der Waals surface area contributed by atoms with Crippen molar-refractivity contribution in [1.82, 2.24) is 24.8 Å². The summed E-state index contributed by atoms with van der Waals surface area (Å²) in [7, 11) is 0. The molecular formula is C23H22N6. The number of anilines is 2. The molecule has 1 aliphatic heterocycles. The van der Waals surface area contributed by atoms with Gasteiger partial charge in [-0.05, 0) is 55.3 Å². The zero-order valence-electron chi connectivity index (χ0n) is 16.1. The van der Waals surface area contributed by atoms with Gasteiger partial charge >= 0.3 is 0 Å². The van der Waals surface area contributed by atoms with Gasteiger partial charge < -0.3 is 5.32 Å². The van der Waals surface area contributed by atoms with Crippen LogP contribution in [0.5, 0.6) is 0 Å². The maximum Gasteiger partial charge on any atom is 0.150 e. The first kappa shape index (κ1) is 17.7. The molecule has 1 saturated heterocycles. The predicted octanol–water partition coefficient (Wildman–Crippen LogP) is 4.50. The number of benzene rings is 1. The average molecular weight is 382 g/mol. The van der Waals surface area contributed by atoms with Gasteiger partial charge in [0.25, 0.3) is 0 Å². The Morgan fingerprint density at radius 1 is 0.966 bits per heavy atom. The minimum atomic E-state index is 0.276. The molecule has 4 aromatic rings. The third kappa shape index (κ3) is 3.93. The van der Waals surface area contributed by atoms with Gasteiger partial charge in [0.2, 0.25) is 0 Å². The zero-order chi connectivity index (χ0) is 19.5. The maximum atomic E-state index is 4.83. The molecule has 0 aliphatic carbocycles. The first-order chi connectivity index (χ1) is 14.3. The Morgan fingerprint density at radius 2 is 1.93 bits per heavy atom. The normalized spacial score (nSPS) is 16.9. The largest absolute Gasteiger partial charge is 0.324 e. The number of hydrogen-bond donors (Lipinski definition) is 1. The summed E-state index contributed by atoms with van der Waals surface area (Å²) >= 11 is 0. The molecule has 6 heteroatoms. The van der Waals surface area contributed by atoms with Crippen LogP contribution in [-0.4, -0.2) is 31.4 Å². The Kier molecular flexibility index (Phi) is 4.84. The summed E-state index contributed by atoms with van der Waals surface area (Å²) in [6, 6.07) is 16.7. The van der Waals surface area contributed by atoms with Crippen LogP contribution in [0.2, 0.25) is 0 Å². The van der Waals surface area contributed by atoms with E-state index in [4.69, 9.17) is 4.98 Å². The van der Waals surface area contributed by atoms with Crippen molar-refractivity contribution in [2.75, 3.05) is 11.9 Å². The molecule has 0 radical (unpaired) electrons. The molecule has 0 saturated carbocycles. The molecule has 5 rings (SSSR count). The molecule has 0 amide bonds. The van der Waals surface area contributed by atoms with Crippen molar-refractivity contribution in [3.05, 3.63) is 84.6 Å². The van der Waals surface area contributed by atoms with Crippen molar-refractivity contribution < 1.29 is 0 Å². The highest BCUT2D eigenvalue weighted by atomic mass is 15.2. The van der Waals surface area contributed by atoms with Gasteiger partial charge in [0.1, 0.15) is 11.6 Å². The van der Waals surface area contributed by atoms with Crippen molar-refractivity contribution in [2.45, 2.75) is 25.4 Å². The SMILES string of the molecule is c1ccc(Nc2cncc([C@H]3CCCN3Cc3ccc4ncccc4c3)n2)nc1. The van der Waals surface area contributed by atoms with E-state index in [2.05, 4.69) is 49.4 Å². The Morgan fingerprint density at radius 3 is 2.86 bits per heavy atom. The number of likely N-dealkylation sites (tertiary alicyclic amines) is 1. The molecule has 29 heavy (non-hydrogen) atoms. The summed E-state index contributed by atoms with van der Waals surface area (Å²) in [5.74, 6) is 1.50. The topological polar surface area (TPSA) is 66.8 Å². The van der Waals surface area contributed by atoms with Crippen molar-refractivity contribution >= 4 is 22.5 Å². The highest BCUT2D eigenvalue weighted by molar-refractivity contribution is 5.78. The number of aromatic nitrogens is 4. The molecule has 1 N–H and O–H groups in total. The molecule has 4 heterocycles. The number of fused-ring (bicyclic) bond motifs is 1. The Balaban J connectivity index is 1.35. The molecule has 0 unspecified atom stereocenters. The minimum Gasteiger partial charge on any atom is -0.324 e. The van der Waals surface area contributed by atoms with Crippen LogP contribution in [0, 0.1) is 0 Å². The second-order valence-corrected chi connectivity index (χ2v) is 7.33. The molecule has 1 aliphatic rings. The molecule has 144 valence electrons. The lowest BCUT2D eigenvalue weighted by Crippen LogP contribution is -2.23. The van der Waals surface area contributed by atoms with Gasteiger partial charge in [-0.15, -0.1) is 0 Å². The maximum absolute atomic E-state index is 4.83. The van der Waals surface area contributed by atoms with Crippen LogP contribution < -0.4 is 5.32 Å². The zero-order valence-corrected chi connectivity index (χ0v) is 16.1. The van der Waals surface area contributed by atoms with Gasteiger partial charge in [0.05, 0.1) is 29.6 Å². The van der Waals surface area contributed by atoms with E-state index in [0.29, 0.717) is 0 Å². The summed E-state index contributed by atoms with van der Waals surface area (Å²) in [6.07, 6.45) is 9.49. The molecule has 3 aromatic heterocycles. The summed E-state index contributed by atoms with van der Waals surface area (Å²) in [5, 5.41) is 4.42. The predicted molar refractivity (Wildman–Crippen MR) is 114 cm³/mol. The summed E-state index contributed by atoms with van der Waals surface area (Å²) in [4.78, 5) is 20.5. The lowest BCUT2D eigenvalue weighted by molar-refractivity contribution is 0.244. The van der Waals surface area contributed by atoms with Gasteiger partial charge in [-0.25, -0.2) is 9.97 Å². The van der Waals surface area contributed by atoms with Gasteiger partial charge in [0, 0.05) is 24.3 Å².